The maximum atomic E-state index is 12.5. The summed E-state index contributed by atoms with van der Waals surface area (Å²) < 4.78 is 11.4. The van der Waals surface area contributed by atoms with Crippen molar-refractivity contribution in [3.8, 4) is 5.88 Å². The topological polar surface area (TPSA) is 80.8 Å². The summed E-state index contributed by atoms with van der Waals surface area (Å²) in [6.45, 7) is 12.5. The highest BCUT2D eigenvalue weighted by Crippen LogP contribution is 2.38. The summed E-state index contributed by atoms with van der Waals surface area (Å²) in [6.07, 6.45) is 9.03. The number of likely N-dealkylation sites (tertiary alicyclic amines) is 1. The molecule has 1 aromatic heterocycles. The maximum Gasteiger partial charge on any atom is 0.410 e. The Labute approximate surface area is 204 Å². The van der Waals surface area contributed by atoms with Crippen molar-refractivity contribution in [1.29, 1.82) is 0 Å². The van der Waals surface area contributed by atoms with Crippen LogP contribution in [0, 0.1) is 11.3 Å². The van der Waals surface area contributed by atoms with Crippen molar-refractivity contribution in [1.82, 2.24) is 15.2 Å². The van der Waals surface area contributed by atoms with Crippen LogP contribution in [-0.4, -0.2) is 53.7 Å². The number of pyridine rings is 1. The monoisotopic (exact) mass is 471 g/mol. The molecule has 1 aromatic rings. The molecule has 2 amide bonds. The molecule has 0 spiro atoms. The molecule has 7 nitrogen and oxygen atoms in total. The summed E-state index contributed by atoms with van der Waals surface area (Å²) in [5.74, 6) is 1.18. The van der Waals surface area contributed by atoms with Crippen LogP contribution in [0.3, 0.4) is 0 Å². The number of hydrogen-bond acceptors (Lipinski definition) is 5. The molecule has 34 heavy (non-hydrogen) atoms. The summed E-state index contributed by atoms with van der Waals surface area (Å²) in [5, 5.41) is 3.04. The second-order valence-electron chi connectivity index (χ2n) is 10.9. The van der Waals surface area contributed by atoms with Crippen LogP contribution in [-0.2, 0) is 9.53 Å². The highest BCUT2D eigenvalue weighted by molar-refractivity contribution is 5.84. The van der Waals surface area contributed by atoms with Gasteiger partial charge in [-0.3, -0.25) is 4.79 Å². The summed E-state index contributed by atoms with van der Waals surface area (Å²) in [6, 6.07) is 3.98. The molecule has 1 atom stereocenters. The Kier molecular flexibility index (Phi) is 8.61. The van der Waals surface area contributed by atoms with Gasteiger partial charge in [-0.2, -0.15) is 0 Å². The van der Waals surface area contributed by atoms with Crippen LogP contribution in [0.5, 0.6) is 5.88 Å². The van der Waals surface area contributed by atoms with E-state index in [-0.39, 0.29) is 17.4 Å². The van der Waals surface area contributed by atoms with E-state index in [2.05, 4.69) is 36.3 Å². The number of piperidine rings is 1. The molecule has 0 aromatic carbocycles. The average molecular weight is 472 g/mol. The van der Waals surface area contributed by atoms with Crippen molar-refractivity contribution in [2.45, 2.75) is 78.7 Å². The van der Waals surface area contributed by atoms with Crippen LogP contribution < -0.4 is 10.1 Å². The molecule has 1 saturated heterocycles. The maximum absolute atomic E-state index is 12.5. The molecule has 2 heterocycles. The number of ether oxygens (including phenoxy) is 2. The van der Waals surface area contributed by atoms with E-state index in [1.165, 1.54) is 5.57 Å². The summed E-state index contributed by atoms with van der Waals surface area (Å²) >= 11 is 0. The third kappa shape index (κ3) is 7.21. The highest BCUT2D eigenvalue weighted by atomic mass is 16.6. The number of nitrogens with one attached hydrogen (secondary N) is 1. The first-order chi connectivity index (χ1) is 16.1. The number of amides is 2. The minimum atomic E-state index is -0.467. The Bertz CT molecular complexity index is 867. The molecule has 7 heteroatoms. The van der Waals surface area contributed by atoms with Gasteiger partial charge >= 0.3 is 6.09 Å². The fourth-order valence-corrected chi connectivity index (χ4v) is 4.35. The molecule has 0 saturated carbocycles. The van der Waals surface area contributed by atoms with Crippen LogP contribution >= 0.6 is 0 Å². The fraction of sp³-hybridized carbons (Fsp3) is 0.667. The predicted molar refractivity (Wildman–Crippen MR) is 133 cm³/mol. The van der Waals surface area contributed by atoms with E-state index < -0.39 is 5.60 Å². The lowest BCUT2D eigenvalue weighted by Crippen LogP contribution is -2.42. The Balaban J connectivity index is 1.44. The van der Waals surface area contributed by atoms with E-state index in [0.29, 0.717) is 31.5 Å². The van der Waals surface area contributed by atoms with Crippen molar-refractivity contribution in [2.75, 3.05) is 26.2 Å². The van der Waals surface area contributed by atoms with Crippen molar-refractivity contribution >= 4 is 17.6 Å². The second kappa shape index (κ2) is 11.2. The second-order valence-corrected chi connectivity index (χ2v) is 10.9. The van der Waals surface area contributed by atoms with Crippen LogP contribution in [0.15, 0.2) is 24.4 Å². The van der Waals surface area contributed by atoms with Crippen LogP contribution in [0.2, 0.25) is 0 Å². The lowest BCUT2D eigenvalue weighted by atomic mass is 9.75. The summed E-state index contributed by atoms with van der Waals surface area (Å²) in [4.78, 5) is 31.0. The lowest BCUT2D eigenvalue weighted by Gasteiger charge is -2.33. The van der Waals surface area contributed by atoms with Gasteiger partial charge in [0.15, 0.2) is 0 Å². The van der Waals surface area contributed by atoms with E-state index >= 15 is 0 Å². The highest BCUT2D eigenvalue weighted by Gasteiger charge is 2.34. The molecule has 188 valence electrons. The Morgan fingerprint density at radius 3 is 2.53 bits per heavy atom. The fourth-order valence-electron chi connectivity index (χ4n) is 4.35. The standard InChI is InChI=1S/C27H41N3O4/c1-6-15-28-24(31)27(5)13-9-21(10-14-27)22-7-8-23(29-18-22)33-19-20-11-16-30(17-12-20)25(32)34-26(2,3)4/h7-9,18,20H,6,10-17,19H2,1-5H3,(H,28,31). The minimum absolute atomic E-state index is 0.156. The molecular weight excluding hydrogens is 430 g/mol. The van der Waals surface area contributed by atoms with Gasteiger partial charge in [0.1, 0.15) is 5.60 Å². The average Bonchev–Trinajstić information content (AvgIpc) is 2.81. The van der Waals surface area contributed by atoms with Crippen LogP contribution in [0.25, 0.3) is 5.57 Å². The molecule has 3 rings (SSSR count). The first-order valence-electron chi connectivity index (χ1n) is 12.6. The normalized spacial score (nSPS) is 21.6. The van der Waals surface area contributed by atoms with Gasteiger partial charge in [0, 0.05) is 31.9 Å². The molecule has 1 fully saturated rings. The van der Waals surface area contributed by atoms with Crippen LogP contribution in [0.4, 0.5) is 4.79 Å². The van der Waals surface area contributed by atoms with Gasteiger partial charge in [-0.25, -0.2) is 9.78 Å². The van der Waals surface area contributed by atoms with E-state index in [1.54, 1.807) is 4.90 Å². The van der Waals surface area contributed by atoms with Gasteiger partial charge in [-0.05, 0) is 82.4 Å². The molecule has 1 aliphatic carbocycles. The van der Waals surface area contributed by atoms with E-state index in [1.807, 2.05) is 33.0 Å². The number of rotatable bonds is 7. The third-order valence-electron chi connectivity index (χ3n) is 6.67. The summed E-state index contributed by atoms with van der Waals surface area (Å²) in [7, 11) is 0. The van der Waals surface area contributed by atoms with E-state index in [0.717, 1.165) is 50.6 Å². The van der Waals surface area contributed by atoms with Gasteiger partial charge in [0.25, 0.3) is 0 Å². The molecular formula is C27H41N3O4. The quantitative estimate of drug-likeness (QED) is 0.591. The van der Waals surface area contributed by atoms with Gasteiger partial charge in [0.2, 0.25) is 11.8 Å². The zero-order valence-electron chi connectivity index (χ0n) is 21.5. The Morgan fingerprint density at radius 2 is 1.97 bits per heavy atom. The largest absolute Gasteiger partial charge is 0.477 e. The third-order valence-corrected chi connectivity index (χ3v) is 6.67. The Morgan fingerprint density at radius 1 is 1.24 bits per heavy atom. The van der Waals surface area contributed by atoms with Gasteiger partial charge in [-0.1, -0.05) is 19.9 Å². The zero-order valence-corrected chi connectivity index (χ0v) is 21.5. The van der Waals surface area contributed by atoms with E-state index in [4.69, 9.17) is 9.47 Å². The number of hydrogen-bond donors (Lipinski definition) is 1. The van der Waals surface area contributed by atoms with Gasteiger partial charge in [0.05, 0.1) is 12.0 Å². The molecule has 0 radical (unpaired) electrons. The van der Waals surface area contributed by atoms with Crippen LogP contribution in [0.1, 0.15) is 78.7 Å². The Hall–Kier alpha value is -2.57. The van der Waals surface area contributed by atoms with E-state index in [9.17, 15) is 9.59 Å². The number of allylic oxidation sites excluding steroid dienone is 2. The first-order valence-corrected chi connectivity index (χ1v) is 12.6. The molecule has 0 bridgehead atoms. The van der Waals surface area contributed by atoms with Gasteiger partial charge < -0.3 is 19.7 Å². The zero-order chi connectivity index (χ0) is 24.8. The molecule has 1 unspecified atom stereocenters. The first kappa shape index (κ1) is 26.0. The number of nitrogens with zero attached hydrogens (tertiary/aromatic N) is 2. The predicted octanol–water partition coefficient (Wildman–Crippen LogP) is 5.21. The minimum Gasteiger partial charge on any atom is -0.477 e. The molecule has 2 aliphatic rings. The number of aromatic nitrogens is 1. The lowest BCUT2D eigenvalue weighted by molar-refractivity contribution is -0.130. The number of carbonyl (C=O) groups excluding carboxylic acids is 2. The summed E-state index contributed by atoms with van der Waals surface area (Å²) in [5.41, 5.74) is 1.54. The van der Waals surface area contributed by atoms with Gasteiger partial charge in [-0.15, -0.1) is 0 Å². The number of carbonyl (C=O) groups is 2. The molecule has 1 N–H and O–H groups in total. The smallest absolute Gasteiger partial charge is 0.410 e. The van der Waals surface area contributed by atoms with Crippen molar-refractivity contribution in [3.63, 3.8) is 0 Å². The van der Waals surface area contributed by atoms with Crippen molar-refractivity contribution < 1.29 is 19.1 Å². The molecule has 1 aliphatic heterocycles. The SMILES string of the molecule is CCCNC(=O)C1(C)CC=C(c2ccc(OCC3CCN(C(=O)OC(C)(C)C)CC3)nc2)CC1. The van der Waals surface area contributed by atoms with Crippen molar-refractivity contribution in [2.24, 2.45) is 11.3 Å². The van der Waals surface area contributed by atoms with Crippen molar-refractivity contribution in [3.05, 3.63) is 30.0 Å².